The lowest BCUT2D eigenvalue weighted by Crippen LogP contribution is -2.40. The van der Waals surface area contributed by atoms with Crippen LogP contribution in [0.1, 0.15) is 0 Å². The second-order valence-electron chi connectivity index (χ2n) is 6.97. The van der Waals surface area contributed by atoms with E-state index in [9.17, 15) is 25.9 Å². The lowest BCUT2D eigenvalue weighted by Gasteiger charge is -2.29. The molecule has 0 bridgehead atoms. The highest BCUT2D eigenvalue weighted by atomic mass is 32.2. The van der Waals surface area contributed by atoms with Crippen LogP contribution in [0.15, 0.2) is 68.3 Å². The number of fused-ring (bicyclic) bond motifs is 4. The molecule has 154 valence electrons. The zero-order chi connectivity index (χ0) is 21.3. The number of hydrogen-bond acceptors (Lipinski definition) is 8. The van der Waals surface area contributed by atoms with Gasteiger partial charge in [0.1, 0.15) is 0 Å². The van der Waals surface area contributed by atoms with E-state index < -0.39 is 26.3 Å². The van der Waals surface area contributed by atoms with Crippen molar-refractivity contribution < 1.29 is 25.9 Å². The maximum Gasteiger partial charge on any atom is 0.294 e. The van der Waals surface area contributed by atoms with Gasteiger partial charge in [0.05, 0.1) is 55.3 Å². The summed E-state index contributed by atoms with van der Waals surface area (Å²) in [5.41, 5.74) is 2.23. The summed E-state index contributed by atoms with van der Waals surface area (Å²) in [5, 5.41) is 7.53. The molecule has 0 saturated heterocycles. The number of benzene rings is 2. The summed E-state index contributed by atoms with van der Waals surface area (Å²) < 4.78 is 64.1. The maximum atomic E-state index is 11.4. The normalized spacial score (nSPS) is 21.3. The molecule has 2 atom stereocenters. The van der Waals surface area contributed by atoms with Crippen molar-refractivity contribution in [2.75, 3.05) is 10.6 Å². The molecule has 0 saturated carbocycles. The molecule has 1 aliphatic carbocycles. The Morgan fingerprint density at radius 1 is 0.900 bits per heavy atom. The fourth-order valence-electron chi connectivity index (χ4n) is 3.54. The van der Waals surface area contributed by atoms with Crippen LogP contribution in [0.5, 0.6) is 0 Å². The smallest absolute Gasteiger partial charge is 0.294 e. The van der Waals surface area contributed by atoms with E-state index in [-0.39, 0.29) is 15.8 Å². The van der Waals surface area contributed by atoms with Gasteiger partial charge in [-0.25, -0.2) is 4.99 Å². The summed E-state index contributed by atoms with van der Waals surface area (Å²) in [7, 11) is -8.66. The van der Waals surface area contributed by atoms with E-state index in [0.717, 1.165) is 0 Å². The first-order valence-electron chi connectivity index (χ1n) is 8.71. The van der Waals surface area contributed by atoms with Crippen LogP contribution < -0.4 is 21.3 Å². The van der Waals surface area contributed by atoms with Gasteiger partial charge in [-0.15, -0.1) is 0 Å². The molecule has 3 aliphatic rings. The molecule has 2 aliphatic heterocycles. The van der Waals surface area contributed by atoms with Gasteiger partial charge in [0.15, 0.2) is 0 Å². The van der Waals surface area contributed by atoms with Gasteiger partial charge >= 0.3 is 0 Å². The topological polar surface area (TPSA) is 158 Å². The highest BCUT2D eigenvalue weighted by molar-refractivity contribution is 7.90. The van der Waals surface area contributed by atoms with Crippen LogP contribution in [0.3, 0.4) is 0 Å². The molecule has 2 heterocycles. The van der Waals surface area contributed by atoms with Crippen molar-refractivity contribution >= 4 is 43.0 Å². The number of nitrogens with one attached hydrogen (secondary N) is 2. The summed E-state index contributed by atoms with van der Waals surface area (Å²) in [5.74, 6) is 0. The molecule has 0 fully saturated rings. The van der Waals surface area contributed by atoms with Crippen molar-refractivity contribution in [1.29, 1.82) is 0 Å². The van der Waals surface area contributed by atoms with Gasteiger partial charge in [0.25, 0.3) is 20.2 Å². The van der Waals surface area contributed by atoms with E-state index in [0.29, 0.717) is 33.5 Å². The average molecular weight is 446 g/mol. The number of anilines is 3. The molecule has 2 unspecified atom stereocenters. The third-order valence-corrected chi connectivity index (χ3v) is 6.69. The van der Waals surface area contributed by atoms with E-state index in [2.05, 4.69) is 20.6 Å². The van der Waals surface area contributed by atoms with Gasteiger partial charge in [0.2, 0.25) is 0 Å². The summed E-state index contributed by atoms with van der Waals surface area (Å²) in [6.45, 7) is 0. The van der Waals surface area contributed by atoms with Crippen molar-refractivity contribution in [3.8, 4) is 0 Å². The van der Waals surface area contributed by atoms with Gasteiger partial charge in [0, 0.05) is 0 Å². The van der Waals surface area contributed by atoms with Crippen molar-refractivity contribution in [1.82, 2.24) is 0 Å². The van der Waals surface area contributed by atoms with Crippen molar-refractivity contribution in [2.45, 2.75) is 17.0 Å². The van der Waals surface area contributed by atoms with Gasteiger partial charge < -0.3 is 10.6 Å². The molecule has 2 aromatic rings. The van der Waals surface area contributed by atoms with Gasteiger partial charge in [-0.05, 0) is 42.5 Å². The number of hydrogen-bond donors (Lipinski definition) is 4. The minimum absolute atomic E-state index is 0.201. The highest BCUT2D eigenvalue weighted by Gasteiger charge is 2.28. The Labute approximate surface area is 170 Å². The lowest BCUT2D eigenvalue weighted by molar-refractivity contribution is 0.482. The summed E-state index contributed by atoms with van der Waals surface area (Å²) >= 11 is 0. The summed E-state index contributed by atoms with van der Waals surface area (Å²) in [6.07, 6.45) is 4.32. The van der Waals surface area contributed by atoms with Gasteiger partial charge in [-0.1, -0.05) is 6.08 Å². The molecular formula is C18H14N4O6S2. The fraction of sp³-hybridized carbons (Fsp3) is 0.111. The first-order chi connectivity index (χ1) is 14.1. The zero-order valence-corrected chi connectivity index (χ0v) is 16.6. The van der Waals surface area contributed by atoms with Crippen LogP contribution in [-0.2, 0) is 20.2 Å². The molecule has 5 rings (SSSR count). The highest BCUT2D eigenvalue weighted by Crippen LogP contribution is 2.32. The van der Waals surface area contributed by atoms with Crippen molar-refractivity contribution in [3.63, 3.8) is 0 Å². The van der Waals surface area contributed by atoms with Gasteiger partial charge in [-0.3, -0.25) is 14.1 Å². The predicted molar refractivity (Wildman–Crippen MR) is 108 cm³/mol. The van der Waals surface area contributed by atoms with Gasteiger partial charge in [-0.2, -0.15) is 16.8 Å². The molecule has 0 aromatic heterocycles. The Bertz CT molecular complexity index is 1510. The second kappa shape index (κ2) is 6.22. The molecule has 12 heteroatoms. The molecular weight excluding hydrogens is 432 g/mol. The minimum Gasteiger partial charge on any atom is -0.375 e. The molecule has 0 radical (unpaired) electrons. The number of allylic oxidation sites excluding steroid dienone is 1. The van der Waals surface area contributed by atoms with Crippen molar-refractivity contribution in [3.05, 3.63) is 64.2 Å². The molecule has 30 heavy (non-hydrogen) atoms. The Balaban J connectivity index is 1.61. The largest absolute Gasteiger partial charge is 0.375 e. The first-order valence-corrected chi connectivity index (χ1v) is 11.6. The van der Waals surface area contributed by atoms with Crippen LogP contribution >= 0.6 is 0 Å². The van der Waals surface area contributed by atoms with Crippen LogP contribution in [-0.4, -0.2) is 38.0 Å². The summed E-state index contributed by atoms with van der Waals surface area (Å²) in [6, 6.07) is 6.74. The second-order valence-corrected chi connectivity index (χ2v) is 9.81. The minimum atomic E-state index is -4.35. The molecule has 4 N–H and O–H groups in total. The third kappa shape index (κ3) is 3.19. The van der Waals surface area contributed by atoms with Crippen molar-refractivity contribution in [2.24, 2.45) is 9.98 Å². The molecule has 0 amide bonds. The SMILES string of the molecule is O=S(=O)(O)C1=CC2N=c3cc4c(cc3NC2C=C1)=Nc1cc(S(=O)(=O)O)ccc1N4. The predicted octanol–water partition coefficient (Wildman–Crippen LogP) is 1.07. The number of nitrogens with zero attached hydrogens (tertiary/aromatic N) is 2. The quantitative estimate of drug-likeness (QED) is 0.426. The Hall–Kier alpha value is -3.06. The van der Waals surface area contributed by atoms with Crippen LogP contribution in [0, 0.1) is 0 Å². The third-order valence-electron chi connectivity index (χ3n) is 4.97. The monoisotopic (exact) mass is 446 g/mol. The zero-order valence-electron chi connectivity index (χ0n) is 15.0. The van der Waals surface area contributed by atoms with Crippen LogP contribution in [0.2, 0.25) is 0 Å². The lowest BCUT2D eigenvalue weighted by atomic mass is 10.0. The molecule has 10 nitrogen and oxygen atoms in total. The van der Waals surface area contributed by atoms with E-state index >= 15 is 0 Å². The Kier molecular flexibility index (Phi) is 3.92. The van der Waals surface area contributed by atoms with E-state index in [1.54, 1.807) is 18.2 Å². The van der Waals surface area contributed by atoms with E-state index in [1.807, 2.05) is 0 Å². The summed E-state index contributed by atoms with van der Waals surface area (Å²) in [4.78, 5) is 8.61. The Morgan fingerprint density at radius 2 is 1.67 bits per heavy atom. The first kappa shape index (κ1) is 18.9. The number of rotatable bonds is 2. The molecule has 0 spiro atoms. The fourth-order valence-corrected chi connectivity index (χ4v) is 4.60. The van der Waals surface area contributed by atoms with Crippen LogP contribution in [0.4, 0.5) is 22.7 Å². The van der Waals surface area contributed by atoms with E-state index in [1.165, 1.54) is 30.4 Å². The maximum absolute atomic E-state index is 11.4. The Morgan fingerprint density at radius 3 is 2.40 bits per heavy atom. The van der Waals surface area contributed by atoms with Crippen LogP contribution in [0.25, 0.3) is 0 Å². The molecule has 2 aromatic carbocycles. The average Bonchev–Trinajstić information content (AvgIpc) is 2.66. The standard InChI is InChI=1S/C18H14N4O6S2/c23-29(24,25)9-1-3-11-13(5-9)21-17-8-16-18(7-15(17)19-11)22-14-6-10(30(26,27)28)2-4-12(14)20-16/h1-8,11,13,19-20H,(H,23,24,25)(H,26,27,28). The van der Waals surface area contributed by atoms with E-state index in [4.69, 9.17) is 0 Å².